The minimum absolute atomic E-state index is 0.909. The molecule has 17 heavy (non-hydrogen) atoms. The molecule has 1 aromatic carbocycles. The minimum atomic E-state index is -0.920. The standard InChI is InChI=1S/C13H16N2O2/c16-13(17)6-3-11-1-4-12(5-2-11)15-9-7-14-8-10-15/h1-6,14H,7-10H2,(H,16,17). The van der Waals surface area contributed by atoms with Crippen molar-refractivity contribution in [1.29, 1.82) is 0 Å². The van der Waals surface area contributed by atoms with Gasteiger partial charge in [-0.2, -0.15) is 0 Å². The summed E-state index contributed by atoms with van der Waals surface area (Å²) < 4.78 is 0. The highest BCUT2D eigenvalue weighted by atomic mass is 16.4. The van der Waals surface area contributed by atoms with Gasteiger partial charge in [0.05, 0.1) is 0 Å². The number of hydrogen-bond donors (Lipinski definition) is 2. The Morgan fingerprint density at radius 2 is 1.88 bits per heavy atom. The van der Waals surface area contributed by atoms with E-state index in [-0.39, 0.29) is 0 Å². The third kappa shape index (κ3) is 3.32. The Balaban J connectivity index is 2.04. The second kappa shape index (κ2) is 5.50. The lowest BCUT2D eigenvalue weighted by molar-refractivity contribution is -0.131. The first-order valence-electron chi connectivity index (χ1n) is 5.72. The summed E-state index contributed by atoms with van der Waals surface area (Å²) in [5.41, 5.74) is 2.10. The summed E-state index contributed by atoms with van der Waals surface area (Å²) in [6.45, 7) is 4.07. The number of carbonyl (C=O) groups is 1. The molecule has 0 amide bonds. The molecule has 0 atom stereocenters. The highest BCUT2D eigenvalue weighted by Gasteiger charge is 2.09. The predicted molar refractivity (Wildman–Crippen MR) is 68.2 cm³/mol. The molecule has 1 aromatic rings. The number of anilines is 1. The van der Waals surface area contributed by atoms with Gasteiger partial charge in [-0.25, -0.2) is 4.79 Å². The maximum absolute atomic E-state index is 10.4. The molecule has 90 valence electrons. The first kappa shape index (κ1) is 11.7. The van der Waals surface area contributed by atoms with Crippen molar-refractivity contribution >= 4 is 17.7 Å². The Kier molecular flexibility index (Phi) is 3.77. The van der Waals surface area contributed by atoms with Crippen LogP contribution in [0.1, 0.15) is 5.56 Å². The van der Waals surface area contributed by atoms with E-state index in [1.807, 2.05) is 24.3 Å². The molecule has 0 unspecified atom stereocenters. The van der Waals surface area contributed by atoms with Crippen LogP contribution in [0.15, 0.2) is 30.3 Å². The molecule has 0 radical (unpaired) electrons. The molecule has 1 heterocycles. The van der Waals surface area contributed by atoms with Crippen molar-refractivity contribution < 1.29 is 9.90 Å². The smallest absolute Gasteiger partial charge is 0.328 e. The van der Waals surface area contributed by atoms with Crippen LogP contribution in [-0.4, -0.2) is 37.3 Å². The van der Waals surface area contributed by atoms with Crippen LogP contribution < -0.4 is 10.2 Å². The molecule has 0 bridgehead atoms. The first-order valence-corrected chi connectivity index (χ1v) is 5.72. The fraction of sp³-hybridized carbons (Fsp3) is 0.308. The van der Waals surface area contributed by atoms with Crippen LogP contribution in [0.4, 0.5) is 5.69 Å². The molecular weight excluding hydrogens is 216 g/mol. The molecule has 2 rings (SSSR count). The molecule has 0 saturated carbocycles. The second-order valence-electron chi connectivity index (χ2n) is 4.00. The summed E-state index contributed by atoms with van der Waals surface area (Å²) in [5.74, 6) is -0.920. The van der Waals surface area contributed by atoms with E-state index in [0.29, 0.717) is 0 Å². The van der Waals surface area contributed by atoms with Crippen molar-refractivity contribution in [3.8, 4) is 0 Å². The van der Waals surface area contributed by atoms with Gasteiger partial charge in [-0.1, -0.05) is 12.1 Å². The Bertz CT molecular complexity index is 406. The van der Waals surface area contributed by atoms with Crippen LogP contribution in [0.2, 0.25) is 0 Å². The van der Waals surface area contributed by atoms with Gasteiger partial charge in [0.1, 0.15) is 0 Å². The molecular formula is C13H16N2O2. The lowest BCUT2D eigenvalue weighted by Gasteiger charge is -2.29. The highest BCUT2D eigenvalue weighted by Crippen LogP contribution is 2.16. The maximum Gasteiger partial charge on any atom is 0.328 e. The van der Waals surface area contributed by atoms with E-state index in [1.54, 1.807) is 6.08 Å². The van der Waals surface area contributed by atoms with E-state index in [2.05, 4.69) is 10.2 Å². The highest BCUT2D eigenvalue weighted by molar-refractivity contribution is 5.85. The summed E-state index contributed by atoms with van der Waals surface area (Å²) >= 11 is 0. The number of nitrogens with one attached hydrogen (secondary N) is 1. The van der Waals surface area contributed by atoms with Crippen molar-refractivity contribution in [3.63, 3.8) is 0 Å². The number of piperazine rings is 1. The Labute approximate surface area is 101 Å². The third-order valence-electron chi connectivity index (χ3n) is 2.79. The molecule has 1 aliphatic rings. The van der Waals surface area contributed by atoms with Crippen LogP contribution in [0.5, 0.6) is 0 Å². The van der Waals surface area contributed by atoms with Crippen molar-refractivity contribution in [2.75, 3.05) is 31.1 Å². The van der Waals surface area contributed by atoms with Gasteiger partial charge in [0.25, 0.3) is 0 Å². The van der Waals surface area contributed by atoms with Crippen molar-refractivity contribution in [2.24, 2.45) is 0 Å². The topological polar surface area (TPSA) is 52.6 Å². The summed E-state index contributed by atoms with van der Waals surface area (Å²) in [6, 6.07) is 7.95. The van der Waals surface area contributed by atoms with E-state index < -0.39 is 5.97 Å². The van der Waals surface area contributed by atoms with Crippen molar-refractivity contribution in [1.82, 2.24) is 5.32 Å². The summed E-state index contributed by atoms with van der Waals surface area (Å²) in [7, 11) is 0. The lowest BCUT2D eigenvalue weighted by atomic mass is 10.1. The van der Waals surface area contributed by atoms with Gasteiger partial charge in [-0.15, -0.1) is 0 Å². The van der Waals surface area contributed by atoms with E-state index >= 15 is 0 Å². The average molecular weight is 232 g/mol. The van der Waals surface area contributed by atoms with E-state index in [9.17, 15) is 4.79 Å². The number of benzene rings is 1. The van der Waals surface area contributed by atoms with Crippen molar-refractivity contribution in [2.45, 2.75) is 0 Å². The zero-order valence-corrected chi connectivity index (χ0v) is 9.60. The van der Waals surface area contributed by atoms with Crippen LogP contribution in [0.25, 0.3) is 6.08 Å². The van der Waals surface area contributed by atoms with Gasteiger partial charge in [0.2, 0.25) is 0 Å². The maximum atomic E-state index is 10.4. The molecule has 1 aliphatic heterocycles. The summed E-state index contributed by atoms with van der Waals surface area (Å²) in [5, 5.41) is 11.8. The quantitative estimate of drug-likeness (QED) is 0.769. The van der Waals surface area contributed by atoms with Crippen LogP contribution in [0, 0.1) is 0 Å². The number of hydrogen-bond acceptors (Lipinski definition) is 3. The van der Waals surface area contributed by atoms with Crippen LogP contribution in [-0.2, 0) is 4.79 Å². The number of carboxylic acids is 1. The predicted octanol–water partition coefficient (Wildman–Crippen LogP) is 1.19. The lowest BCUT2D eigenvalue weighted by Crippen LogP contribution is -2.43. The largest absolute Gasteiger partial charge is 0.478 e. The third-order valence-corrected chi connectivity index (χ3v) is 2.79. The Morgan fingerprint density at radius 3 is 2.47 bits per heavy atom. The van der Waals surface area contributed by atoms with E-state index in [0.717, 1.165) is 37.8 Å². The SMILES string of the molecule is O=C(O)C=Cc1ccc(N2CCNCC2)cc1. The summed E-state index contributed by atoms with van der Waals surface area (Å²) in [6.07, 6.45) is 2.75. The Hall–Kier alpha value is -1.81. The minimum Gasteiger partial charge on any atom is -0.478 e. The van der Waals surface area contributed by atoms with E-state index in [4.69, 9.17) is 5.11 Å². The summed E-state index contributed by atoms with van der Waals surface area (Å²) in [4.78, 5) is 12.7. The van der Waals surface area contributed by atoms with Crippen molar-refractivity contribution in [3.05, 3.63) is 35.9 Å². The number of carboxylic acid groups (broad SMARTS) is 1. The van der Waals surface area contributed by atoms with Gasteiger partial charge in [-0.3, -0.25) is 0 Å². The van der Waals surface area contributed by atoms with Gasteiger partial charge in [0.15, 0.2) is 0 Å². The first-order chi connectivity index (χ1) is 8.25. The molecule has 4 nitrogen and oxygen atoms in total. The number of rotatable bonds is 3. The second-order valence-corrected chi connectivity index (χ2v) is 4.00. The van der Waals surface area contributed by atoms with E-state index in [1.165, 1.54) is 5.69 Å². The Morgan fingerprint density at radius 1 is 1.24 bits per heavy atom. The molecule has 0 spiro atoms. The van der Waals surface area contributed by atoms with Gasteiger partial charge in [0, 0.05) is 37.9 Å². The molecule has 1 saturated heterocycles. The molecule has 0 aromatic heterocycles. The molecule has 1 fully saturated rings. The number of aliphatic carboxylic acids is 1. The van der Waals surface area contributed by atoms with Crippen LogP contribution >= 0.6 is 0 Å². The zero-order valence-electron chi connectivity index (χ0n) is 9.60. The molecule has 0 aliphatic carbocycles. The fourth-order valence-electron chi connectivity index (χ4n) is 1.89. The normalized spacial score (nSPS) is 16.4. The van der Waals surface area contributed by atoms with Gasteiger partial charge in [-0.05, 0) is 23.8 Å². The number of nitrogens with zero attached hydrogens (tertiary/aromatic N) is 1. The molecule has 4 heteroatoms. The monoisotopic (exact) mass is 232 g/mol. The zero-order chi connectivity index (χ0) is 12.1. The van der Waals surface area contributed by atoms with Crippen LogP contribution in [0.3, 0.4) is 0 Å². The molecule has 2 N–H and O–H groups in total. The fourth-order valence-corrected chi connectivity index (χ4v) is 1.89. The van der Waals surface area contributed by atoms with Gasteiger partial charge < -0.3 is 15.3 Å². The van der Waals surface area contributed by atoms with Gasteiger partial charge >= 0.3 is 5.97 Å². The average Bonchev–Trinajstić information content (AvgIpc) is 2.38.